The van der Waals surface area contributed by atoms with E-state index in [2.05, 4.69) is 19.1 Å². The van der Waals surface area contributed by atoms with Crippen LogP contribution in [0.15, 0.2) is 48.1 Å². The topological polar surface area (TPSA) is 74.3 Å². The first-order valence-corrected chi connectivity index (χ1v) is 14.1. The molecule has 1 amide bonds. The van der Waals surface area contributed by atoms with Gasteiger partial charge in [0.15, 0.2) is 5.79 Å². The highest BCUT2D eigenvalue weighted by Crippen LogP contribution is 2.43. The monoisotopic (exact) mass is 529 g/mol. The maximum absolute atomic E-state index is 13.0. The number of carbonyl (C=O) groups is 2. The minimum absolute atomic E-state index is 0.00373. The summed E-state index contributed by atoms with van der Waals surface area (Å²) in [5.41, 5.74) is 2.00. The lowest BCUT2D eigenvalue weighted by Crippen LogP contribution is -2.60. The number of carbonyl (C=O) groups excluding carboxylic acids is 2. The summed E-state index contributed by atoms with van der Waals surface area (Å²) in [6, 6.07) is 7.41. The predicted molar refractivity (Wildman–Crippen MR) is 144 cm³/mol. The molecular formula is C29H39NO6S. The summed E-state index contributed by atoms with van der Waals surface area (Å²) in [6.45, 7) is 4.63. The minimum atomic E-state index is -1.06. The Balaban J connectivity index is 1.59. The Morgan fingerprint density at radius 1 is 1.14 bits per heavy atom. The van der Waals surface area contributed by atoms with E-state index in [1.54, 1.807) is 20.3 Å². The van der Waals surface area contributed by atoms with Gasteiger partial charge in [0.2, 0.25) is 0 Å². The van der Waals surface area contributed by atoms with E-state index in [9.17, 15) is 9.59 Å². The molecule has 4 rings (SSSR count). The maximum atomic E-state index is 13.0. The first-order valence-electron chi connectivity index (χ1n) is 13.2. The molecule has 5 atom stereocenters. The molecule has 2 bridgehead atoms. The van der Waals surface area contributed by atoms with Gasteiger partial charge in [0.05, 0.1) is 19.3 Å². The second kappa shape index (κ2) is 12.5. The van der Waals surface area contributed by atoms with Crippen molar-refractivity contribution in [3.63, 3.8) is 0 Å². The van der Waals surface area contributed by atoms with Crippen LogP contribution in [0.1, 0.15) is 57.9 Å². The van der Waals surface area contributed by atoms with Crippen molar-refractivity contribution in [3.05, 3.63) is 53.6 Å². The molecule has 7 nitrogen and oxygen atoms in total. The summed E-state index contributed by atoms with van der Waals surface area (Å²) >= 11 is 1.28. The van der Waals surface area contributed by atoms with Crippen molar-refractivity contribution in [2.45, 2.75) is 83.0 Å². The number of ether oxygens (including phenoxy) is 4. The third-order valence-electron chi connectivity index (χ3n) is 7.51. The molecule has 0 saturated carbocycles. The molecule has 3 heterocycles. The van der Waals surface area contributed by atoms with E-state index in [0.29, 0.717) is 31.1 Å². The number of methoxy groups -OCH3 is 2. The highest BCUT2D eigenvalue weighted by atomic mass is 32.2. The molecular weight excluding hydrogens is 490 g/mol. The smallest absolute Gasteiger partial charge is 0.330 e. The van der Waals surface area contributed by atoms with Crippen LogP contribution < -0.4 is 4.74 Å². The molecule has 1 aromatic carbocycles. The van der Waals surface area contributed by atoms with E-state index in [1.807, 2.05) is 36.1 Å². The van der Waals surface area contributed by atoms with E-state index in [0.717, 1.165) is 42.6 Å². The van der Waals surface area contributed by atoms with Gasteiger partial charge in [-0.3, -0.25) is 4.79 Å². The number of thioether (sulfide) groups is 1. The van der Waals surface area contributed by atoms with Crippen molar-refractivity contribution in [2.24, 2.45) is 5.92 Å². The molecule has 3 aliphatic heterocycles. The summed E-state index contributed by atoms with van der Waals surface area (Å²) in [5, 5.41) is -0.00373. The number of nitrogens with zero attached hydrogens (tertiary/aromatic N) is 1. The van der Waals surface area contributed by atoms with E-state index in [1.165, 1.54) is 11.8 Å². The van der Waals surface area contributed by atoms with Gasteiger partial charge < -0.3 is 23.8 Å². The number of hydrogen-bond acceptors (Lipinski definition) is 7. The fourth-order valence-electron chi connectivity index (χ4n) is 5.39. The van der Waals surface area contributed by atoms with E-state index >= 15 is 0 Å². The van der Waals surface area contributed by atoms with Crippen LogP contribution in [0, 0.1) is 5.92 Å². The quantitative estimate of drug-likeness (QED) is 0.348. The van der Waals surface area contributed by atoms with Crippen molar-refractivity contribution in [3.8, 4) is 5.75 Å². The number of hydrogen-bond donors (Lipinski definition) is 0. The van der Waals surface area contributed by atoms with Crippen molar-refractivity contribution in [2.75, 3.05) is 20.0 Å². The standard InChI is InChI=1S/C29H39NO6S/c1-20-7-5-6-8-21(2)15-27(31)35-25-16-24(12-9-20)36-29(17-25,34-4)26-19-37-28(32)30(26)18-22-10-13-23(33-3)14-11-22/h5,7,10-11,13-15,20,24-26H,6,8-9,12,16-19H2,1-4H3/t20-,24-,25?,26+,29-/m1/s1. The van der Waals surface area contributed by atoms with Crippen molar-refractivity contribution in [1.82, 2.24) is 4.90 Å². The van der Waals surface area contributed by atoms with Gasteiger partial charge in [0, 0.05) is 38.3 Å². The molecule has 0 N–H and O–H groups in total. The molecule has 2 saturated heterocycles. The molecule has 1 unspecified atom stereocenters. The van der Waals surface area contributed by atoms with Gasteiger partial charge in [-0.1, -0.05) is 48.5 Å². The lowest BCUT2D eigenvalue weighted by Gasteiger charge is -2.48. The Bertz CT molecular complexity index is 1010. The summed E-state index contributed by atoms with van der Waals surface area (Å²) in [7, 11) is 3.27. The van der Waals surface area contributed by atoms with Crippen LogP contribution in [-0.4, -0.2) is 60.1 Å². The number of benzene rings is 1. The molecule has 0 spiro atoms. The Kier molecular flexibility index (Phi) is 9.37. The van der Waals surface area contributed by atoms with Crippen LogP contribution >= 0.6 is 11.8 Å². The maximum Gasteiger partial charge on any atom is 0.330 e. The van der Waals surface area contributed by atoms with Gasteiger partial charge in [-0.05, 0) is 56.2 Å². The molecule has 202 valence electrons. The normalized spacial score (nSPS) is 31.5. The summed E-state index contributed by atoms with van der Waals surface area (Å²) in [4.78, 5) is 27.6. The van der Waals surface area contributed by atoms with Gasteiger partial charge >= 0.3 is 5.97 Å². The van der Waals surface area contributed by atoms with Gasteiger partial charge in [-0.15, -0.1) is 0 Å². The second-order valence-corrected chi connectivity index (χ2v) is 11.3. The number of rotatable bonds is 5. The fourth-order valence-corrected chi connectivity index (χ4v) is 6.49. The average Bonchev–Trinajstić information content (AvgIpc) is 3.25. The second-order valence-electron chi connectivity index (χ2n) is 10.3. The molecule has 0 aromatic heterocycles. The third kappa shape index (κ3) is 6.98. The first-order chi connectivity index (χ1) is 17.8. The minimum Gasteiger partial charge on any atom is -0.497 e. The predicted octanol–water partition coefficient (Wildman–Crippen LogP) is 5.88. The Hall–Kier alpha value is -2.29. The number of allylic oxidation sites excluding steroid dienone is 3. The molecule has 0 radical (unpaired) electrons. The SMILES string of the molecule is COc1ccc(CN2C(=O)SC[C@H]2[C@@]2(OC)CC3C[C@@H](CC[C@H](C)C=CCCC(C)=CC(=O)O3)O2)cc1. The fraction of sp³-hybridized carbons (Fsp3) is 0.586. The molecule has 37 heavy (non-hydrogen) atoms. The zero-order valence-electron chi connectivity index (χ0n) is 22.3. The van der Waals surface area contributed by atoms with Crippen LogP contribution in [-0.2, 0) is 25.5 Å². The molecule has 0 aliphatic carbocycles. The number of esters is 1. The van der Waals surface area contributed by atoms with Crippen LogP contribution in [0.5, 0.6) is 5.75 Å². The van der Waals surface area contributed by atoms with Gasteiger partial charge in [-0.25, -0.2) is 4.79 Å². The number of fused-ring (bicyclic) bond motifs is 2. The van der Waals surface area contributed by atoms with Gasteiger partial charge in [-0.2, -0.15) is 0 Å². The zero-order chi connectivity index (χ0) is 26.4. The third-order valence-corrected chi connectivity index (χ3v) is 8.47. The van der Waals surface area contributed by atoms with Crippen LogP contribution in [0.4, 0.5) is 4.79 Å². The molecule has 8 heteroatoms. The average molecular weight is 530 g/mol. The zero-order valence-corrected chi connectivity index (χ0v) is 23.1. The lowest BCUT2D eigenvalue weighted by atomic mass is 9.89. The van der Waals surface area contributed by atoms with Crippen molar-refractivity contribution >= 4 is 23.0 Å². The van der Waals surface area contributed by atoms with Crippen LogP contribution in [0.3, 0.4) is 0 Å². The van der Waals surface area contributed by atoms with Gasteiger partial charge in [0.25, 0.3) is 5.24 Å². The molecule has 1 aromatic rings. The van der Waals surface area contributed by atoms with Crippen LogP contribution in [0.2, 0.25) is 0 Å². The summed E-state index contributed by atoms with van der Waals surface area (Å²) < 4.78 is 24.1. The largest absolute Gasteiger partial charge is 0.497 e. The Labute approximate surface area is 224 Å². The first kappa shape index (κ1) is 27.7. The molecule has 2 fully saturated rings. The molecule has 3 aliphatic rings. The lowest BCUT2D eigenvalue weighted by molar-refractivity contribution is -0.305. The Morgan fingerprint density at radius 3 is 2.65 bits per heavy atom. The van der Waals surface area contributed by atoms with Crippen LogP contribution in [0.25, 0.3) is 0 Å². The van der Waals surface area contributed by atoms with Gasteiger partial charge in [0.1, 0.15) is 11.9 Å². The summed E-state index contributed by atoms with van der Waals surface area (Å²) in [6.07, 6.45) is 10.1. The van der Waals surface area contributed by atoms with E-state index < -0.39 is 5.79 Å². The van der Waals surface area contributed by atoms with Crippen molar-refractivity contribution < 1.29 is 28.5 Å². The van der Waals surface area contributed by atoms with E-state index in [-0.39, 0.29) is 29.5 Å². The van der Waals surface area contributed by atoms with Crippen molar-refractivity contribution in [1.29, 1.82) is 0 Å². The summed E-state index contributed by atoms with van der Waals surface area (Å²) in [5.74, 6) is 0.357. The highest BCUT2D eigenvalue weighted by Gasteiger charge is 2.54. The number of amides is 1. The highest BCUT2D eigenvalue weighted by molar-refractivity contribution is 8.13. The van der Waals surface area contributed by atoms with E-state index in [4.69, 9.17) is 18.9 Å². The Morgan fingerprint density at radius 2 is 1.92 bits per heavy atom.